The number of nitrogens with zero attached hydrogens (tertiary/aromatic N) is 2. The summed E-state index contributed by atoms with van der Waals surface area (Å²) in [6.07, 6.45) is 2.86. The number of unbranched alkanes of at least 4 members (excludes halogenated alkanes) is 1. The van der Waals surface area contributed by atoms with Gasteiger partial charge in [-0.3, -0.25) is 0 Å². The molecule has 0 bridgehead atoms. The molecule has 0 spiro atoms. The molecule has 1 heterocycles. The van der Waals surface area contributed by atoms with Crippen LogP contribution in [0.25, 0.3) is 16.6 Å². The van der Waals surface area contributed by atoms with Crippen molar-refractivity contribution in [2.75, 3.05) is 0 Å². The third kappa shape index (κ3) is 3.31. The summed E-state index contributed by atoms with van der Waals surface area (Å²) >= 11 is 0.455. The quantitative estimate of drug-likeness (QED) is 0.509. The topological polar surface area (TPSA) is 44.1 Å². The first-order valence-electron chi connectivity index (χ1n) is 7.72. The Bertz CT molecular complexity index is 872. The molecule has 1 aromatic heterocycles. The number of aromatic nitrogens is 2. The standard InChI is InChI=1S/C18H18N2O2.Tl/c1-2-3-8-17-19-16-7-5-4-6-15(16)18(22)20(17)13-9-11-14(21)12-10-13;/h4-7,9-12,21H,2-3,8H2,1H3;/q;+1/p-1. The van der Waals surface area contributed by atoms with Crippen molar-refractivity contribution in [1.29, 1.82) is 0 Å². The predicted molar refractivity (Wildman–Crippen MR) is 92.3 cm³/mol. The molecule has 0 saturated heterocycles. The Morgan fingerprint density at radius 2 is 1.87 bits per heavy atom. The second-order valence-electron chi connectivity index (χ2n) is 5.40. The maximum absolute atomic E-state index is 13.0. The van der Waals surface area contributed by atoms with Crippen LogP contribution in [0.2, 0.25) is 0 Å². The summed E-state index contributed by atoms with van der Waals surface area (Å²) in [4.78, 5) is 17.7. The van der Waals surface area contributed by atoms with E-state index >= 15 is 0 Å². The second-order valence-corrected chi connectivity index (χ2v) is 6.32. The molecule has 0 N–H and O–H groups in total. The van der Waals surface area contributed by atoms with Crippen LogP contribution in [0.1, 0.15) is 25.6 Å². The van der Waals surface area contributed by atoms with E-state index in [9.17, 15) is 4.79 Å². The van der Waals surface area contributed by atoms with Crippen LogP contribution in [-0.4, -0.2) is 35.8 Å². The van der Waals surface area contributed by atoms with Crippen molar-refractivity contribution >= 4 is 37.1 Å². The van der Waals surface area contributed by atoms with Crippen LogP contribution in [0.15, 0.2) is 53.3 Å². The second kappa shape index (κ2) is 7.25. The Morgan fingerprint density at radius 3 is 2.57 bits per heavy atom. The Labute approximate surface area is 151 Å². The van der Waals surface area contributed by atoms with Crippen LogP contribution in [-0.2, 0) is 6.42 Å². The molecule has 114 valence electrons. The van der Waals surface area contributed by atoms with Crippen LogP contribution in [0.5, 0.6) is 5.75 Å². The maximum atomic E-state index is 13.0. The summed E-state index contributed by atoms with van der Waals surface area (Å²) in [7, 11) is 0. The third-order valence-electron chi connectivity index (χ3n) is 3.83. The van der Waals surface area contributed by atoms with E-state index in [0.29, 0.717) is 31.6 Å². The predicted octanol–water partition coefficient (Wildman–Crippen LogP) is 3.19. The van der Waals surface area contributed by atoms with Crippen LogP contribution in [0, 0.1) is 0 Å². The van der Waals surface area contributed by atoms with E-state index < -0.39 is 0 Å². The number of fused-ring (bicyclic) bond motifs is 1. The molecule has 4 nitrogen and oxygen atoms in total. The van der Waals surface area contributed by atoms with E-state index in [-0.39, 0.29) is 5.56 Å². The van der Waals surface area contributed by atoms with E-state index in [4.69, 9.17) is 7.67 Å². The summed E-state index contributed by atoms with van der Waals surface area (Å²) < 4.78 is 7.10. The minimum atomic E-state index is -0.0110. The van der Waals surface area contributed by atoms with E-state index in [0.717, 1.165) is 42.0 Å². The van der Waals surface area contributed by atoms with Crippen LogP contribution >= 0.6 is 0 Å². The van der Waals surface area contributed by atoms with Crippen molar-refractivity contribution in [3.63, 3.8) is 0 Å². The summed E-state index contributed by atoms with van der Waals surface area (Å²) in [5, 5.41) is 0.650. The molecule has 0 aliphatic carbocycles. The number of aryl methyl sites for hydroxylation is 1. The van der Waals surface area contributed by atoms with Gasteiger partial charge in [0.2, 0.25) is 0 Å². The van der Waals surface area contributed by atoms with Gasteiger partial charge in [-0.05, 0) is 0 Å². The molecule has 0 amide bonds. The Kier molecular flexibility index (Phi) is 5.10. The number of benzene rings is 2. The summed E-state index contributed by atoms with van der Waals surface area (Å²) in [6, 6.07) is 15.2. The van der Waals surface area contributed by atoms with Gasteiger partial charge in [0.25, 0.3) is 0 Å². The number of hydrogen-bond acceptors (Lipinski definition) is 3. The summed E-state index contributed by atoms with van der Waals surface area (Å²) in [5.74, 6) is 1.66. The Hall–Kier alpha value is -1.70. The number of hydrogen-bond donors (Lipinski definition) is 0. The van der Waals surface area contributed by atoms with E-state index in [1.165, 1.54) is 0 Å². The molecule has 0 fully saturated rings. The van der Waals surface area contributed by atoms with Crippen molar-refractivity contribution in [2.45, 2.75) is 26.2 Å². The molecular weight excluding hydrogens is 481 g/mol. The fourth-order valence-corrected chi connectivity index (χ4v) is 3.23. The normalized spacial score (nSPS) is 10.8. The monoisotopic (exact) mass is 498 g/mol. The van der Waals surface area contributed by atoms with E-state index in [2.05, 4.69) is 6.92 Å². The average Bonchev–Trinajstić information content (AvgIpc) is 2.60. The molecule has 5 heteroatoms. The van der Waals surface area contributed by atoms with Gasteiger partial charge in [0.1, 0.15) is 0 Å². The van der Waals surface area contributed by atoms with Gasteiger partial charge in [0.05, 0.1) is 0 Å². The van der Waals surface area contributed by atoms with Gasteiger partial charge < -0.3 is 0 Å². The Balaban J connectivity index is 2.22. The molecule has 0 saturated carbocycles. The van der Waals surface area contributed by atoms with Crippen LogP contribution < -0.4 is 8.25 Å². The zero-order valence-corrected chi connectivity index (χ0v) is 17.5. The zero-order valence-electron chi connectivity index (χ0n) is 13.0. The fourth-order valence-electron chi connectivity index (χ4n) is 2.62. The third-order valence-corrected chi connectivity index (χ3v) is 4.89. The van der Waals surface area contributed by atoms with E-state index in [1.807, 2.05) is 48.5 Å². The molecule has 0 atom stereocenters. The van der Waals surface area contributed by atoms with Gasteiger partial charge in [0, 0.05) is 0 Å². The molecule has 0 radical (unpaired) electrons. The fraction of sp³-hybridized carbons (Fsp3) is 0.222. The van der Waals surface area contributed by atoms with Crippen LogP contribution in [0.4, 0.5) is 0 Å². The molecule has 3 aromatic rings. The first-order valence-corrected chi connectivity index (χ1v) is 9.55. The first-order chi connectivity index (χ1) is 11.2. The number of para-hydroxylation sites is 1. The molecule has 3 rings (SSSR count). The van der Waals surface area contributed by atoms with Gasteiger partial charge in [-0.15, -0.1) is 0 Å². The van der Waals surface area contributed by atoms with Crippen molar-refractivity contribution in [2.24, 2.45) is 0 Å². The van der Waals surface area contributed by atoms with Crippen molar-refractivity contribution < 1.29 is 2.69 Å². The first kappa shape index (κ1) is 16.2. The van der Waals surface area contributed by atoms with Gasteiger partial charge in [0.15, 0.2) is 0 Å². The molecule has 0 aliphatic rings. The SMILES string of the molecule is CCCCc1nc2ccccc2c(=O)n1-c1ccc([O][Tl])cc1. The molecule has 2 aromatic carbocycles. The zero-order chi connectivity index (χ0) is 16.2. The molecule has 0 unspecified atom stereocenters. The number of rotatable bonds is 5. The van der Waals surface area contributed by atoms with Gasteiger partial charge >= 0.3 is 152 Å². The summed E-state index contributed by atoms with van der Waals surface area (Å²) in [6.45, 7) is 2.14. The van der Waals surface area contributed by atoms with Gasteiger partial charge in [-0.25, -0.2) is 0 Å². The van der Waals surface area contributed by atoms with Crippen molar-refractivity contribution in [3.05, 3.63) is 64.7 Å². The minimum absolute atomic E-state index is 0.0110. The van der Waals surface area contributed by atoms with Gasteiger partial charge in [-0.1, -0.05) is 0 Å². The van der Waals surface area contributed by atoms with Crippen molar-refractivity contribution in [1.82, 2.24) is 9.55 Å². The van der Waals surface area contributed by atoms with E-state index in [1.54, 1.807) is 4.57 Å². The van der Waals surface area contributed by atoms with Gasteiger partial charge in [-0.2, -0.15) is 0 Å². The van der Waals surface area contributed by atoms with Crippen molar-refractivity contribution in [3.8, 4) is 11.4 Å². The molecule has 0 aliphatic heterocycles. The van der Waals surface area contributed by atoms with Crippen LogP contribution in [0.3, 0.4) is 0 Å². The Morgan fingerprint density at radius 1 is 1.13 bits per heavy atom. The molecule has 23 heavy (non-hydrogen) atoms. The summed E-state index contributed by atoms with van der Waals surface area (Å²) in [5.41, 5.74) is 1.59. The molecular formula is C18H17N2O2Tl. The average molecular weight is 498 g/mol.